The molecule has 9 N–H and O–H groups in total. The lowest BCUT2D eigenvalue weighted by molar-refractivity contribution is -0.359. The topological polar surface area (TPSA) is 228 Å². The van der Waals surface area contributed by atoms with Crippen molar-refractivity contribution in [2.24, 2.45) is 0 Å². The van der Waals surface area contributed by atoms with Crippen molar-refractivity contribution in [2.45, 2.75) is 415 Å². The van der Waals surface area contributed by atoms with E-state index in [1.54, 1.807) is 6.08 Å². The molecule has 2 fully saturated rings. The molecule has 2 rings (SSSR count). The summed E-state index contributed by atoms with van der Waals surface area (Å²) in [5, 5.41) is 87.7. The van der Waals surface area contributed by atoms with Crippen LogP contribution in [0.1, 0.15) is 341 Å². The van der Waals surface area contributed by atoms with Gasteiger partial charge in [0.15, 0.2) is 12.6 Å². The molecule has 14 heteroatoms. The highest BCUT2D eigenvalue weighted by atomic mass is 16.7. The van der Waals surface area contributed by atoms with Crippen molar-refractivity contribution in [2.75, 3.05) is 19.8 Å². The van der Waals surface area contributed by atoms with E-state index in [0.29, 0.717) is 6.42 Å². The fourth-order valence-electron chi connectivity index (χ4n) is 13.1. The number of amides is 1. The number of hydrogen-bond acceptors (Lipinski definition) is 13. The molecule has 0 aliphatic carbocycles. The first-order valence-corrected chi connectivity index (χ1v) is 41.0. The number of aliphatic hydroxyl groups is 8. The normalized spacial score (nSPS) is 22.4. The molecular weight excluding hydrogens is 1240 g/mol. The van der Waals surface area contributed by atoms with E-state index >= 15 is 0 Å². The number of hydrogen-bond donors (Lipinski definition) is 9. The van der Waals surface area contributed by atoms with Gasteiger partial charge < -0.3 is 65.1 Å². The molecule has 2 aliphatic heterocycles. The van der Waals surface area contributed by atoms with Gasteiger partial charge in [0, 0.05) is 6.42 Å². The van der Waals surface area contributed by atoms with Crippen LogP contribution in [0, 0.1) is 0 Å². The lowest BCUT2D eigenvalue weighted by Crippen LogP contribution is -2.65. The molecule has 0 bridgehead atoms. The van der Waals surface area contributed by atoms with E-state index in [1.165, 1.54) is 225 Å². The van der Waals surface area contributed by atoms with Gasteiger partial charge in [0.1, 0.15) is 48.8 Å². The Kier molecular flexibility index (Phi) is 63.2. The highest BCUT2D eigenvalue weighted by Gasteiger charge is 2.51. The van der Waals surface area contributed by atoms with Gasteiger partial charge in [-0.05, 0) is 77.0 Å². The van der Waals surface area contributed by atoms with Gasteiger partial charge in [-0.3, -0.25) is 4.79 Å². The SMILES string of the molecule is CC/C=C\C/C=C\C/C=C\C/C=C\C/C=C\C/C=C\C/C=C\CCCCCCCCCCCCCCCC(=O)NC(COC1OC(CO)C(OC2OC(CO)C(O)C(O)C2O)C(O)C1O)C(O)/C=C/CCCCCCCCCCCCCCCCCCCCCCCCCCCCCC. The maximum absolute atomic E-state index is 13.4. The Morgan fingerprint density at radius 2 is 0.697 bits per heavy atom. The number of carbonyl (C=O) groups is 1. The van der Waals surface area contributed by atoms with Crippen molar-refractivity contribution in [1.29, 1.82) is 0 Å². The maximum atomic E-state index is 13.4. The van der Waals surface area contributed by atoms with Crippen LogP contribution in [0.25, 0.3) is 0 Å². The Morgan fingerprint density at radius 3 is 1.07 bits per heavy atom. The van der Waals surface area contributed by atoms with Crippen molar-refractivity contribution in [3.63, 3.8) is 0 Å². The van der Waals surface area contributed by atoms with Crippen LogP contribution in [0.3, 0.4) is 0 Å². The van der Waals surface area contributed by atoms with Gasteiger partial charge in [0.25, 0.3) is 0 Å². The average Bonchev–Trinajstić information content (AvgIpc) is 0.799. The van der Waals surface area contributed by atoms with E-state index in [2.05, 4.69) is 104 Å². The minimum Gasteiger partial charge on any atom is -0.394 e. The van der Waals surface area contributed by atoms with Gasteiger partial charge in [0.05, 0.1) is 32.0 Å². The monoisotopic (exact) mass is 1390 g/mol. The van der Waals surface area contributed by atoms with Crippen molar-refractivity contribution in [1.82, 2.24) is 5.32 Å². The summed E-state index contributed by atoms with van der Waals surface area (Å²) in [4.78, 5) is 13.4. The molecule has 0 spiro atoms. The molecule has 12 atom stereocenters. The molecule has 14 nitrogen and oxygen atoms in total. The lowest BCUT2D eigenvalue weighted by Gasteiger charge is -2.46. The van der Waals surface area contributed by atoms with E-state index in [-0.39, 0.29) is 18.9 Å². The molecule has 0 radical (unpaired) electrons. The molecule has 12 unspecified atom stereocenters. The molecule has 2 aliphatic rings. The summed E-state index contributed by atoms with van der Waals surface area (Å²) in [6.07, 6.45) is 80.5. The minimum atomic E-state index is -1.79. The predicted molar refractivity (Wildman–Crippen MR) is 410 cm³/mol. The van der Waals surface area contributed by atoms with Crippen molar-refractivity contribution in [3.8, 4) is 0 Å². The van der Waals surface area contributed by atoms with Crippen LogP contribution in [0.5, 0.6) is 0 Å². The largest absolute Gasteiger partial charge is 0.394 e. The number of unbranched alkanes of at least 4 members (excludes halogenated alkanes) is 41. The third-order valence-corrected chi connectivity index (χ3v) is 19.5. The van der Waals surface area contributed by atoms with Crippen LogP contribution in [0.15, 0.2) is 97.2 Å². The Balaban J connectivity index is 1.62. The second-order valence-electron chi connectivity index (χ2n) is 28.5. The first-order valence-electron chi connectivity index (χ1n) is 41.0. The molecule has 2 saturated heterocycles. The molecular formula is C85H151NO13. The molecule has 0 aromatic heterocycles. The summed E-state index contributed by atoms with van der Waals surface area (Å²) in [7, 11) is 0. The number of nitrogens with one attached hydrogen (secondary N) is 1. The van der Waals surface area contributed by atoms with Gasteiger partial charge in [0.2, 0.25) is 5.91 Å². The molecule has 1 amide bonds. The van der Waals surface area contributed by atoms with E-state index in [0.717, 1.165) is 89.9 Å². The summed E-state index contributed by atoms with van der Waals surface area (Å²) in [6, 6.07) is -0.923. The zero-order chi connectivity index (χ0) is 71.5. The van der Waals surface area contributed by atoms with E-state index < -0.39 is 86.8 Å². The van der Waals surface area contributed by atoms with Gasteiger partial charge >= 0.3 is 0 Å². The molecule has 0 aromatic rings. The zero-order valence-corrected chi connectivity index (χ0v) is 63.0. The van der Waals surface area contributed by atoms with Crippen LogP contribution in [0.2, 0.25) is 0 Å². The van der Waals surface area contributed by atoms with Crippen LogP contribution in [-0.4, -0.2) is 140 Å². The van der Waals surface area contributed by atoms with E-state index in [9.17, 15) is 45.6 Å². The van der Waals surface area contributed by atoms with Crippen LogP contribution in [-0.2, 0) is 23.7 Å². The Bertz CT molecular complexity index is 2040. The fourth-order valence-corrected chi connectivity index (χ4v) is 13.1. The second-order valence-corrected chi connectivity index (χ2v) is 28.5. The predicted octanol–water partition coefficient (Wildman–Crippen LogP) is 18.9. The summed E-state index contributed by atoms with van der Waals surface area (Å²) in [5.74, 6) is -0.239. The number of carbonyl (C=O) groups excluding carboxylic acids is 1. The van der Waals surface area contributed by atoms with Crippen LogP contribution < -0.4 is 5.32 Å². The number of rotatable bonds is 68. The van der Waals surface area contributed by atoms with Crippen LogP contribution >= 0.6 is 0 Å². The molecule has 2 heterocycles. The van der Waals surface area contributed by atoms with E-state index in [1.807, 2.05) is 6.08 Å². The standard InChI is InChI=1S/C85H151NO13/c1-3-5-7-9-11-13-15-17-19-21-23-25-27-29-31-33-35-36-37-38-39-41-43-45-47-49-51-53-55-57-59-61-63-65-67-69-77(90)86-73(72-96-84-82(95)80(93)83(76(71-88)98-84)99-85-81(94)79(92)78(91)75(70-87)97-85)74(89)68-66-64-62-60-58-56-54-52-50-48-46-44-42-40-34-32-30-28-26-24-22-20-18-16-14-12-10-8-6-4-2/h5,7,11,13,17,19,23,25,29,31,35-36,38-39,66,68,73-76,78-85,87-89,91-95H,3-4,6,8-10,12,14-16,18,20-22,24,26-28,30,32-34,37,40-65,67,69-72H2,1-2H3,(H,86,90)/b7-5-,13-11-,19-17-,25-23-,31-29-,36-35-,39-38-,68-66+. The Morgan fingerprint density at radius 1 is 0.374 bits per heavy atom. The van der Waals surface area contributed by atoms with Crippen molar-refractivity contribution in [3.05, 3.63) is 97.2 Å². The Hall–Kier alpha value is -3.09. The summed E-state index contributed by atoms with van der Waals surface area (Å²) < 4.78 is 22.9. The zero-order valence-electron chi connectivity index (χ0n) is 63.0. The lowest BCUT2D eigenvalue weighted by atomic mass is 9.97. The number of ether oxygens (including phenoxy) is 4. The first kappa shape index (κ1) is 92.0. The highest BCUT2D eigenvalue weighted by molar-refractivity contribution is 5.76. The van der Waals surface area contributed by atoms with E-state index in [4.69, 9.17) is 18.9 Å². The summed E-state index contributed by atoms with van der Waals surface area (Å²) in [6.45, 7) is 2.73. The number of aliphatic hydroxyl groups excluding tert-OH is 8. The Labute approximate surface area is 604 Å². The average molecular weight is 1400 g/mol. The maximum Gasteiger partial charge on any atom is 0.220 e. The van der Waals surface area contributed by atoms with Crippen molar-refractivity contribution < 1.29 is 64.6 Å². The highest BCUT2D eigenvalue weighted by Crippen LogP contribution is 2.30. The molecule has 574 valence electrons. The number of allylic oxidation sites excluding steroid dienone is 15. The molecule has 0 aromatic carbocycles. The van der Waals surface area contributed by atoms with Gasteiger partial charge in [-0.15, -0.1) is 0 Å². The van der Waals surface area contributed by atoms with Gasteiger partial charge in [-0.25, -0.2) is 0 Å². The fraction of sp³-hybridized carbons (Fsp3) is 0.800. The smallest absolute Gasteiger partial charge is 0.220 e. The quantitative estimate of drug-likeness (QED) is 0.0204. The summed E-state index contributed by atoms with van der Waals surface area (Å²) in [5.41, 5.74) is 0. The van der Waals surface area contributed by atoms with Gasteiger partial charge in [-0.1, -0.05) is 355 Å². The van der Waals surface area contributed by atoms with Gasteiger partial charge in [-0.2, -0.15) is 0 Å². The third kappa shape index (κ3) is 50.9. The minimum absolute atomic E-state index is 0.239. The van der Waals surface area contributed by atoms with Crippen LogP contribution in [0.4, 0.5) is 0 Å². The first-order chi connectivity index (χ1) is 48.6. The molecule has 0 saturated carbocycles. The summed E-state index contributed by atoms with van der Waals surface area (Å²) >= 11 is 0. The second kappa shape index (κ2) is 68.0. The molecule has 99 heavy (non-hydrogen) atoms. The third-order valence-electron chi connectivity index (χ3n) is 19.5. The van der Waals surface area contributed by atoms with Crippen molar-refractivity contribution >= 4 is 5.91 Å².